The van der Waals surface area contributed by atoms with Crippen molar-refractivity contribution in [3.63, 3.8) is 0 Å². The molecule has 0 saturated carbocycles. The lowest BCUT2D eigenvalue weighted by Gasteiger charge is -2.35. The van der Waals surface area contributed by atoms with Crippen LogP contribution < -0.4 is 9.47 Å². The zero-order valence-corrected chi connectivity index (χ0v) is 22.2. The highest BCUT2D eigenvalue weighted by Crippen LogP contribution is 2.38. The topological polar surface area (TPSA) is 88.5 Å². The Hall–Kier alpha value is -2.33. The van der Waals surface area contributed by atoms with E-state index in [2.05, 4.69) is 0 Å². The van der Waals surface area contributed by atoms with Crippen LogP contribution >= 0.6 is 23.2 Å². The third kappa shape index (κ3) is 4.62. The number of halogens is 2. The molecule has 1 saturated heterocycles. The van der Waals surface area contributed by atoms with Crippen LogP contribution in [0.4, 0.5) is 0 Å². The van der Waals surface area contributed by atoms with E-state index in [0.29, 0.717) is 35.1 Å². The first-order chi connectivity index (χ1) is 16.5. The molecular formula is C24H27Cl2N3O5S. The lowest BCUT2D eigenvalue weighted by Crippen LogP contribution is -2.47. The van der Waals surface area contributed by atoms with Crippen LogP contribution in [0.15, 0.2) is 46.4 Å². The standard InChI is InChI=1S/C24H27Cl2N3O5S/c1-24(2)22(15-5-7-19(33-3)20(13-15)34-4)27-29(23(24)30)17-9-11-28(12-10-17)35(31,32)21-8-6-16(25)14-18(21)26/h5-8,13-14,17H,9-12H2,1-4H3. The number of hydrazone groups is 1. The number of hydrogen-bond donors (Lipinski definition) is 0. The first-order valence-electron chi connectivity index (χ1n) is 11.1. The van der Waals surface area contributed by atoms with E-state index >= 15 is 0 Å². The number of piperidine rings is 1. The molecule has 0 radical (unpaired) electrons. The predicted molar refractivity (Wildman–Crippen MR) is 135 cm³/mol. The van der Waals surface area contributed by atoms with Crippen LogP contribution in [0.5, 0.6) is 11.5 Å². The van der Waals surface area contributed by atoms with Gasteiger partial charge < -0.3 is 9.47 Å². The molecule has 0 atom stereocenters. The van der Waals surface area contributed by atoms with Crippen molar-refractivity contribution >= 4 is 44.8 Å². The third-order valence-corrected chi connectivity index (χ3v) is 9.10. The van der Waals surface area contributed by atoms with Gasteiger partial charge in [0.2, 0.25) is 10.0 Å². The van der Waals surface area contributed by atoms with Gasteiger partial charge in [0.05, 0.1) is 36.4 Å². The first kappa shape index (κ1) is 25.8. The summed E-state index contributed by atoms with van der Waals surface area (Å²) in [5, 5.41) is 6.69. The number of ether oxygens (including phenoxy) is 2. The Balaban J connectivity index is 1.55. The largest absolute Gasteiger partial charge is 0.493 e. The number of methoxy groups -OCH3 is 2. The van der Waals surface area contributed by atoms with Gasteiger partial charge in [-0.25, -0.2) is 13.4 Å². The number of nitrogens with zero attached hydrogens (tertiary/aromatic N) is 3. The highest BCUT2D eigenvalue weighted by Gasteiger charge is 2.47. The first-order valence-corrected chi connectivity index (χ1v) is 13.3. The van der Waals surface area contributed by atoms with Crippen molar-refractivity contribution in [3.05, 3.63) is 52.0 Å². The van der Waals surface area contributed by atoms with Gasteiger partial charge in [0.1, 0.15) is 4.90 Å². The van der Waals surface area contributed by atoms with Gasteiger partial charge >= 0.3 is 0 Å². The van der Waals surface area contributed by atoms with Crippen molar-refractivity contribution in [1.29, 1.82) is 0 Å². The molecule has 0 aromatic heterocycles. The summed E-state index contributed by atoms with van der Waals surface area (Å²) in [6.45, 7) is 4.18. The Morgan fingerprint density at radius 1 is 1.00 bits per heavy atom. The molecule has 0 unspecified atom stereocenters. The van der Waals surface area contributed by atoms with Crippen LogP contribution in [0.3, 0.4) is 0 Å². The SMILES string of the molecule is COc1ccc(C2=NN(C3CCN(S(=O)(=O)c4ccc(Cl)cc4Cl)CC3)C(=O)C2(C)C)cc1OC. The second-order valence-corrected chi connectivity index (χ2v) is 11.8. The van der Waals surface area contributed by atoms with Crippen LogP contribution in [0.25, 0.3) is 0 Å². The lowest BCUT2D eigenvalue weighted by molar-refractivity contribution is -0.137. The van der Waals surface area contributed by atoms with Crippen molar-refractivity contribution < 1.29 is 22.7 Å². The molecule has 2 aromatic carbocycles. The summed E-state index contributed by atoms with van der Waals surface area (Å²) in [6.07, 6.45) is 0.907. The van der Waals surface area contributed by atoms with E-state index in [4.69, 9.17) is 37.8 Å². The Bertz CT molecular complexity index is 1290. The zero-order valence-electron chi connectivity index (χ0n) is 19.9. The molecule has 2 aromatic rings. The molecule has 1 fully saturated rings. The number of amides is 1. The molecule has 35 heavy (non-hydrogen) atoms. The van der Waals surface area contributed by atoms with E-state index in [1.165, 1.54) is 27.5 Å². The number of benzene rings is 2. The van der Waals surface area contributed by atoms with Gasteiger partial charge in [0, 0.05) is 23.7 Å². The Labute approximate surface area is 215 Å². The van der Waals surface area contributed by atoms with Crippen LogP contribution in [0.1, 0.15) is 32.3 Å². The predicted octanol–water partition coefficient (Wildman–Crippen LogP) is 4.44. The molecule has 8 nitrogen and oxygen atoms in total. The fraction of sp³-hybridized carbons (Fsp3) is 0.417. The number of sulfonamides is 1. The molecule has 4 rings (SSSR count). The Morgan fingerprint density at radius 3 is 2.26 bits per heavy atom. The molecule has 2 aliphatic rings. The van der Waals surface area contributed by atoms with Gasteiger partial charge in [-0.3, -0.25) is 4.79 Å². The van der Waals surface area contributed by atoms with E-state index in [0.717, 1.165) is 5.56 Å². The fourth-order valence-electron chi connectivity index (χ4n) is 4.47. The summed E-state index contributed by atoms with van der Waals surface area (Å²) in [6, 6.07) is 9.56. The molecule has 0 N–H and O–H groups in total. The van der Waals surface area contributed by atoms with Gasteiger partial charge in [-0.05, 0) is 63.1 Å². The van der Waals surface area contributed by atoms with Crippen molar-refractivity contribution in [2.45, 2.75) is 37.6 Å². The van der Waals surface area contributed by atoms with Crippen LogP contribution in [-0.4, -0.2) is 62.7 Å². The summed E-state index contributed by atoms with van der Waals surface area (Å²) < 4.78 is 38.4. The maximum Gasteiger partial charge on any atom is 0.254 e. The van der Waals surface area contributed by atoms with E-state index < -0.39 is 15.4 Å². The molecule has 0 bridgehead atoms. The quantitative estimate of drug-likeness (QED) is 0.541. The maximum absolute atomic E-state index is 13.4. The maximum atomic E-state index is 13.4. The second-order valence-electron chi connectivity index (χ2n) is 9.00. The van der Waals surface area contributed by atoms with Crippen LogP contribution in [-0.2, 0) is 14.8 Å². The van der Waals surface area contributed by atoms with Gasteiger partial charge in [-0.15, -0.1) is 0 Å². The van der Waals surface area contributed by atoms with Gasteiger partial charge in [0.25, 0.3) is 5.91 Å². The lowest BCUT2D eigenvalue weighted by atomic mass is 9.83. The molecule has 188 valence electrons. The molecule has 2 aliphatic heterocycles. The fourth-order valence-corrected chi connectivity index (χ4v) is 6.68. The summed E-state index contributed by atoms with van der Waals surface area (Å²) in [5.41, 5.74) is 0.548. The number of hydrogen-bond acceptors (Lipinski definition) is 6. The van der Waals surface area contributed by atoms with Gasteiger partial charge in [-0.1, -0.05) is 23.2 Å². The van der Waals surface area contributed by atoms with E-state index in [9.17, 15) is 13.2 Å². The van der Waals surface area contributed by atoms with Crippen molar-refractivity contribution in [2.24, 2.45) is 10.5 Å². The van der Waals surface area contributed by atoms with Crippen molar-refractivity contribution in [1.82, 2.24) is 9.31 Å². The third-order valence-electron chi connectivity index (χ3n) is 6.48. The minimum absolute atomic E-state index is 0.0224. The minimum atomic E-state index is -3.78. The second kappa shape index (κ2) is 9.61. The highest BCUT2D eigenvalue weighted by atomic mass is 35.5. The van der Waals surface area contributed by atoms with Crippen molar-refractivity contribution in [2.75, 3.05) is 27.3 Å². The molecule has 11 heteroatoms. The van der Waals surface area contributed by atoms with Crippen LogP contribution in [0.2, 0.25) is 10.0 Å². The van der Waals surface area contributed by atoms with Gasteiger partial charge in [-0.2, -0.15) is 9.41 Å². The summed E-state index contributed by atoms with van der Waals surface area (Å²) in [5.74, 6) is 1.02. The van der Waals surface area contributed by atoms with Gasteiger partial charge in [0.15, 0.2) is 11.5 Å². The zero-order chi connectivity index (χ0) is 25.5. The highest BCUT2D eigenvalue weighted by molar-refractivity contribution is 7.89. The van der Waals surface area contributed by atoms with E-state index in [1.807, 2.05) is 19.9 Å². The van der Waals surface area contributed by atoms with E-state index in [-0.39, 0.29) is 35.0 Å². The van der Waals surface area contributed by atoms with Crippen LogP contribution in [0, 0.1) is 5.41 Å². The van der Waals surface area contributed by atoms with E-state index in [1.54, 1.807) is 26.4 Å². The Kier molecular flexibility index (Phi) is 7.07. The number of carbonyl (C=O) groups is 1. The summed E-state index contributed by atoms with van der Waals surface area (Å²) in [7, 11) is -0.665. The smallest absolute Gasteiger partial charge is 0.254 e. The monoisotopic (exact) mass is 539 g/mol. The number of carbonyl (C=O) groups excluding carboxylic acids is 1. The normalized spacial score (nSPS) is 19.1. The molecule has 1 amide bonds. The molecule has 2 heterocycles. The summed E-state index contributed by atoms with van der Waals surface area (Å²) >= 11 is 12.1. The average Bonchev–Trinajstić information content (AvgIpc) is 3.07. The molecule has 0 aliphatic carbocycles. The average molecular weight is 540 g/mol. The number of rotatable bonds is 6. The molecular weight excluding hydrogens is 513 g/mol. The molecule has 0 spiro atoms. The minimum Gasteiger partial charge on any atom is -0.493 e. The van der Waals surface area contributed by atoms with Crippen molar-refractivity contribution in [3.8, 4) is 11.5 Å². The summed E-state index contributed by atoms with van der Waals surface area (Å²) in [4.78, 5) is 13.4. The Morgan fingerprint density at radius 2 is 1.66 bits per heavy atom.